The molecule has 0 saturated carbocycles. The Hall–Kier alpha value is -2.53. The third kappa shape index (κ3) is 3.97. The fourth-order valence-electron chi connectivity index (χ4n) is 1.72. The third-order valence-corrected chi connectivity index (χ3v) is 3.09. The Kier molecular flexibility index (Phi) is 4.45. The predicted molar refractivity (Wildman–Crippen MR) is 82.2 cm³/mol. The van der Waals surface area contributed by atoms with Gasteiger partial charge in [-0.1, -0.05) is 17.7 Å². The summed E-state index contributed by atoms with van der Waals surface area (Å²) in [4.78, 5) is 22.6. The molecule has 0 aliphatic rings. The second-order valence-electron chi connectivity index (χ2n) is 4.44. The van der Waals surface area contributed by atoms with Gasteiger partial charge in [0.05, 0.1) is 16.3 Å². The summed E-state index contributed by atoms with van der Waals surface area (Å²) in [6, 6.07) is 10.7. The summed E-state index contributed by atoms with van der Waals surface area (Å²) in [5, 5.41) is 14.5. The Bertz CT molecular complexity index is 684. The van der Waals surface area contributed by atoms with E-state index in [0.717, 1.165) is 5.56 Å². The van der Waals surface area contributed by atoms with Crippen molar-refractivity contribution in [3.8, 4) is 0 Å². The van der Waals surface area contributed by atoms with Gasteiger partial charge >= 0.3 is 12.0 Å². The largest absolute Gasteiger partial charge is 0.478 e. The maximum absolute atomic E-state index is 11.9. The third-order valence-electron chi connectivity index (χ3n) is 2.76. The van der Waals surface area contributed by atoms with Crippen LogP contribution in [0.25, 0.3) is 0 Å². The molecule has 21 heavy (non-hydrogen) atoms. The maximum Gasteiger partial charge on any atom is 0.335 e. The summed E-state index contributed by atoms with van der Waals surface area (Å²) >= 11 is 5.99. The van der Waals surface area contributed by atoms with Crippen molar-refractivity contribution in [1.29, 1.82) is 0 Å². The van der Waals surface area contributed by atoms with E-state index in [1.54, 1.807) is 12.1 Å². The fraction of sp³-hybridized carbons (Fsp3) is 0.0667. The first-order valence-electron chi connectivity index (χ1n) is 6.13. The zero-order chi connectivity index (χ0) is 15.4. The molecule has 0 bridgehead atoms. The lowest BCUT2D eigenvalue weighted by molar-refractivity contribution is 0.0697. The van der Waals surface area contributed by atoms with Crippen LogP contribution in [-0.4, -0.2) is 17.1 Å². The highest BCUT2D eigenvalue weighted by molar-refractivity contribution is 6.33. The minimum absolute atomic E-state index is 0.155. The van der Waals surface area contributed by atoms with E-state index >= 15 is 0 Å². The molecule has 2 aromatic carbocycles. The van der Waals surface area contributed by atoms with Crippen LogP contribution in [0.5, 0.6) is 0 Å². The van der Waals surface area contributed by atoms with Crippen LogP contribution in [0.4, 0.5) is 16.2 Å². The van der Waals surface area contributed by atoms with Crippen molar-refractivity contribution in [2.45, 2.75) is 6.92 Å². The van der Waals surface area contributed by atoms with Gasteiger partial charge in [-0.15, -0.1) is 0 Å². The average molecular weight is 305 g/mol. The highest BCUT2D eigenvalue weighted by Crippen LogP contribution is 2.23. The van der Waals surface area contributed by atoms with Gasteiger partial charge in [0.25, 0.3) is 0 Å². The van der Waals surface area contributed by atoms with Crippen LogP contribution in [0.2, 0.25) is 5.02 Å². The van der Waals surface area contributed by atoms with Crippen molar-refractivity contribution in [3.05, 3.63) is 58.6 Å². The number of aromatic carboxylic acids is 1. The summed E-state index contributed by atoms with van der Waals surface area (Å²) in [7, 11) is 0. The Morgan fingerprint density at radius 3 is 2.33 bits per heavy atom. The molecule has 0 heterocycles. The molecule has 2 amide bonds. The molecule has 2 aromatic rings. The van der Waals surface area contributed by atoms with E-state index in [4.69, 9.17) is 16.7 Å². The van der Waals surface area contributed by atoms with Crippen LogP contribution in [0.15, 0.2) is 42.5 Å². The van der Waals surface area contributed by atoms with Crippen LogP contribution in [0.3, 0.4) is 0 Å². The van der Waals surface area contributed by atoms with E-state index in [1.165, 1.54) is 24.3 Å². The van der Waals surface area contributed by atoms with E-state index in [-0.39, 0.29) is 5.56 Å². The number of aryl methyl sites for hydroxylation is 1. The van der Waals surface area contributed by atoms with Gasteiger partial charge in [-0.2, -0.15) is 0 Å². The average Bonchev–Trinajstić information content (AvgIpc) is 2.43. The molecule has 0 aliphatic carbocycles. The number of hydrogen-bond donors (Lipinski definition) is 3. The topological polar surface area (TPSA) is 78.4 Å². The summed E-state index contributed by atoms with van der Waals surface area (Å²) in [5.74, 6) is -1.02. The van der Waals surface area contributed by atoms with Crippen molar-refractivity contribution >= 4 is 35.0 Å². The zero-order valence-electron chi connectivity index (χ0n) is 11.2. The number of carbonyl (C=O) groups excluding carboxylic acids is 1. The van der Waals surface area contributed by atoms with Crippen LogP contribution < -0.4 is 10.6 Å². The smallest absolute Gasteiger partial charge is 0.335 e. The SMILES string of the molecule is Cc1ccc(Cl)c(NC(=O)Nc2ccc(C(=O)O)cc2)c1. The van der Waals surface area contributed by atoms with Gasteiger partial charge in [0.2, 0.25) is 0 Å². The minimum atomic E-state index is -1.02. The number of nitrogens with one attached hydrogen (secondary N) is 2. The van der Waals surface area contributed by atoms with Gasteiger partial charge in [0.1, 0.15) is 0 Å². The molecular weight excluding hydrogens is 292 g/mol. The summed E-state index contributed by atoms with van der Waals surface area (Å²) < 4.78 is 0. The van der Waals surface area contributed by atoms with E-state index in [2.05, 4.69) is 10.6 Å². The Balaban J connectivity index is 2.04. The van der Waals surface area contributed by atoms with E-state index in [1.807, 2.05) is 13.0 Å². The molecule has 0 saturated heterocycles. The fourth-order valence-corrected chi connectivity index (χ4v) is 1.88. The van der Waals surface area contributed by atoms with Crippen molar-refractivity contribution in [3.63, 3.8) is 0 Å². The highest BCUT2D eigenvalue weighted by Gasteiger charge is 2.07. The van der Waals surface area contributed by atoms with Gasteiger partial charge in [0.15, 0.2) is 0 Å². The normalized spacial score (nSPS) is 10.0. The molecular formula is C15H13ClN2O3. The van der Waals surface area contributed by atoms with E-state index in [0.29, 0.717) is 16.4 Å². The number of hydrogen-bond acceptors (Lipinski definition) is 2. The van der Waals surface area contributed by atoms with Crippen molar-refractivity contribution in [2.75, 3.05) is 10.6 Å². The quantitative estimate of drug-likeness (QED) is 0.802. The molecule has 0 atom stereocenters. The number of halogens is 1. The molecule has 0 radical (unpaired) electrons. The molecule has 0 fully saturated rings. The number of anilines is 2. The molecule has 3 N–H and O–H groups in total. The molecule has 108 valence electrons. The minimum Gasteiger partial charge on any atom is -0.478 e. The summed E-state index contributed by atoms with van der Waals surface area (Å²) in [5.41, 5.74) is 2.13. The number of carboxylic acid groups (broad SMARTS) is 1. The van der Waals surface area contributed by atoms with Crippen molar-refractivity contribution in [1.82, 2.24) is 0 Å². The van der Waals surface area contributed by atoms with Crippen LogP contribution in [0.1, 0.15) is 15.9 Å². The first-order chi connectivity index (χ1) is 9.95. The summed E-state index contributed by atoms with van der Waals surface area (Å²) in [6.45, 7) is 1.89. The second kappa shape index (κ2) is 6.28. The van der Waals surface area contributed by atoms with Gasteiger partial charge < -0.3 is 15.7 Å². The zero-order valence-corrected chi connectivity index (χ0v) is 11.9. The molecule has 5 nitrogen and oxygen atoms in total. The van der Waals surface area contributed by atoms with Gasteiger partial charge in [-0.05, 0) is 48.9 Å². The van der Waals surface area contributed by atoms with E-state index in [9.17, 15) is 9.59 Å². The molecule has 6 heteroatoms. The molecule has 0 spiro atoms. The standard InChI is InChI=1S/C15H13ClN2O3/c1-9-2-7-12(16)13(8-9)18-15(21)17-11-5-3-10(4-6-11)14(19)20/h2-8H,1H3,(H,19,20)(H2,17,18,21). The van der Waals surface area contributed by atoms with Gasteiger partial charge in [0, 0.05) is 5.69 Å². The Labute approximate surface area is 126 Å². The Morgan fingerprint density at radius 1 is 1.05 bits per heavy atom. The number of carboxylic acids is 1. The van der Waals surface area contributed by atoms with Crippen molar-refractivity contribution in [2.24, 2.45) is 0 Å². The number of carbonyl (C=O) groups is 2. The number of amides is 2. The lowest BCUT2D eigenvalue weighted by Crippen LogP contribution is -2.19. The molecule has 0 aliphatic heterocycles. The lowest BCUT2D eigenvalue weighted by atomic mass is 10.2. The lowest BCUT2D eigenvalue weighted by Gasteiger charge is -2.10. The number of benzene rings is 2. The monoisotopic (exact) mass is 304 g/mol. The second-order valence-corrected chi connectivity index (χ2v) is 4.85. The Morgan fingerprint density at radius 2 is 1.71 bits per heavy atom. The van der Waals surface area contributed by atoms with Crippen molar-refractivity contribution < 1.29 is 14.7 Å². The van der Waals surface area contributed by atoms with Crippen LogP contribution in [0, 0.1) is 6.92 Å². The maximum atomic E-state index is 11.9. The van der Waals surface area contributed by atoms with Crippen LogP contribution in [-0.2, 0) is 0 Å². The van der Waals surface area contributed by atoms with Gasteiger partial charge in [-0.25, -0.2) is 9.59 Å². The van der Waals surface area contributed by atoms with Crippen LogP contribution >= 0.6 is 11.6 Å². The molecule has 2 rings (SSSR count). The first kappa shape index (κ1) is 14.9. The highest BCUT2D eigenvalue weighted by atomic mass is 35.5. The number of rotatable bonds is 3. The number of urea groups is 1. The van der Waals surface area contributed by atoms with E-state index < -0.39 is 12.0 Å². The first-order valence-corrected chi connectivity index (χ1v) is 6.51. The predicted octanol–water partition coefficient (Wildman–Crippen LogP) is 3.99. The summed E-state index contributed by atoms with van der Waals surface area (Å²) in [6.07, 6.45) is 0. The molecule has 0 aromatic heterocycles. The molecule has 0 unspecified atom stereocenters. The van der Waals surface area contributed by atoms with Gasteiger partial charge in [-0.3, -0.25) is 0 Å².